The highest BCUT2D eigenvalue weighted by Crippen LogP contribution is 2.30. The number of anilines is 1. The standard InChI is InChI=1S/C16H16ClN5O3/c1-8-13-10(21-22-16(18)24)3-2-4-11(13)25-14(8)15(23)20-12-6-5-9(17)7-19-12/h5-7H,2-4H2,1H3,(H3,18,22,24)(H,19,20,23)/b21-10+. The maximum absolute atomic E-state index is 12.5. The average molecular weight is 362 g/mol. The lowest BCUT2D eigenvalue weighted by Crippen LogP contribution is -2.27. The molecule has 0 fully saturated rings. The first kappa shape index (κ1) is 17.0. The Morgan fingerprint density at radius 1 is 1.36 bits per heavy atom. The van der Waals surface area contributed by atoms with Gasteiger partial charge in [-0.25, -0.2) is 15.2 Å². The molecule has 2 heterocycles. The van der Waals surface area contributed by atoms with Crippen LogP contribution in [-0.2, 0) is 6.42 Å². The number of urea groups is 1. The van der Waals surface area contributed by atoms with Crippen LogP contribution in [-0.4, -0.2) is 22.6 Å². The highest BCUT2D eigenvalue weighted by Gasteiger charge is 2.28. The lowest BCUT2D eigenvalue weighted by atomic mass is 9.93. The highest BCUT2D eigenvalue weighted by atomic mass is 35.5. The second kappa shape index (κ2) is 6.94. The van der Waals surface area contributed by atoms with Crippen molar-refractivity contribution >= 4 is 35.1 Å². The number of carbonyl (C=O) groups excluding carboxylic acids is 2. The van der Waals surface area contributed by atoms with Crippen LogP contribution < -0.4 is 16.5 Å². The molecule has 25 heavy (non-hydrogen) atoms. The Morgan fingerprint density at radius 3 is 2.84 bits per heavy atom. The van der Waals surface area contributed by atoms with Crippen molar-refractivity contribution in [3.63, 3.8) is 0 Å². The van der Waals surface area contributed by atoms with E-state index in [0.717, 1.165) is 12.0 Å². The van der Waals surface area contributed by atoms with Gasteiger partial charge in [0, 0.05) is 23.7 Å². The number of nitrogens with two attached hydrogens (primary N) is 1. The van der Waals surface area contributed by atoms with Crippen molar-refractivity contribution in [1.82, 2.24) is 10.4 Å². The maximum atomic E-state index is 12.5. The SMILES string of the molecule is Cc1c(C(=O)Nc2ccc(Cl)cn2)oc2c1/C(=N/NC(N)=O)CCC2. The number of hydrogen-bond acceptors (Lipinski definition) is 5. The zero-order valence-corrected chi connectivity index (χ0v) is 14.2. The van der Waals surface area contributed by atoms with E-state index in [2.05, 4.69) is 20.8 Å². The van der Waals surface area contributed by atoms with Gasteiger partial charge in [0.25, 0.3) is 5.91 Å². The predicted octanol–water partition coefficient (Wildman–Crippen LogP) is 2.60. The van der Waals surface area contributed by atoms with Gasteiger partial charge in [0.15, 0.2) is 5.76 Å². The number of pyridine rings is 1. The summed E-state index contributed by atoms with van der Waals surface area (Å²) >= 11 is 5.78. The Labute approximate surface area is 148 Å². The number of amides is 3. The molecule has 0 aromatic carbocycles. The molecule has 2 aromatic rings. The molecule has 0 aliphatic heterocycles. The fraction of sp³-hybridized carbons (Fsp3) is 0.250. The summed E-state index contributed by atoms with van der Waals surface area (Å²) in [6, 6.07) is 2.49. The number of nitrogens with zero attached hydrogens (tertiary/aromatic N) is 2. The minimum Gasteiger partial charge on any atom is -0.455 e. The Balaban J connectivity index is 1.88. The van der Waals surface area contributed by atoms with Crippen molar-refractivity contribution in [2.45, 2.75) is 26.2 Å². The lowest BCUT2D eigenvalue weighted by Gasteiger charge is -2.13. The molecular weight excluding hydrogens is 346 g/mol. The summed E-state index contributed by atoms with van der Waals surface area (Å²) in [6.45, 7) is 1.78. The third-order valence-corrected chi connectivity index (χ3v) is 4.03. The van der Waals surface area contributed by atoms with Gasteiger partial charge in [-0.2, -0.15) is 5.10 Å². The van der Waals surface area contributed by atoms with Crippen molar-refractivity contribution in [1.29, 1.82) is 0 Å². The number of carbonyl (C=O) groups is 2. The second-order valence-corrected chi connectivity index (χ2v) is 5.99. The number of rotatable bonds is 3. The number of furan rings is 1. The summed E-state index contributed by atoms with van der Waals surface area (Å²) in [5, 5.41) is 7.17. The van der Waals surface area contributed by atoms with Crippen molar-refractivity contribution in [3.8, 4) is 0 Å². The molecule has 1 aliphatic rings. The Bertz CT molecular complexity index is 857. The minimum absolute atomic E-state index is 0.190. The summed E-state index contributed by atoms with van der Waals surface area (Å²) in [5.74, 6) is 0.815. The van der Waals surface area contributed by atoms with Crippen molar-refractivity contribution in [2.24, 2.45) is 10.8 Å². The van der Waals surface area contributed by atoms with Crippen LogP contribution in [0.4, 0.5) is 10.6 Å². The van der Waals surface area contributed by atoms with Gasteiger partial charge in [-0.15, -0.1) is 0 Å². The molecule has 3 rings (SSSR count). The molecule has 3 amide bonds. The zero-order chi connectivity index (χ0) is 18.0. The molecular formula is C16H16ClN5O3. The molecule has 0 saturated carbocycles. The van der Waals surface area contributed by atoms with Gasteiger partial charge in [-0.1, -0.05) is 11.6 Å². The summed E-state index contributed by atoms with van der Waals surface area (Å²) in [5.41, 5.74) is 9.33. The van der Waals surface area contributed by atoms with Crippen molar-refractivity contribution in [3.05, 3.63) is 46.0 Å². The molecule has 0 bridgehead atoms. The number of fused-ring (bicyclic) bond motifs is 1. The largest absolute Gasteiger partial charge is 0.455 e. The number of primary amides is 1. The average Bonchev–Trinajstić information content (AvgIpc) is 2.93. The van der Waals surface area contributed by atoms with E-state index in [9.17, 15) is 9.59 Å². The van der Waals surface area contributed by atoms with Gasteiger partial charge in [0.1, 0.15) is 11.6 Å². The Morgan fingerprint density at radius 2 is 2.16 bits per heavy atom. The van der Waals surface area contributed by atoms with Crippen LogP contribution in [0.1, 0.15) is 40.3 Å². The third-order valence-electron chi connectivity index (χ3n) is 3.80. The van der Waals surface area contributed by atoms with Gasteiger partial charge in [-0.05, 0) is 31.9 Å². The Kier molecular flexibility index (Phi) is 4.71. The van der Waals surface area contributed by atoms with Crippen molar-refractivity contribution < 1.29 is 14.0 Å². The predicted molar refractivity (Wildman–Crippen MR) is 92.8 cm³/mol. The van der Waals surface area contributed by atoms with E-state index in [-0.39, 0.29) is 5.76 Å². The molecule has 0 radical (unpaired) electrons. The minimum atomic E-state index is -0.743. The number of nitrogens with one attached hydrogen (secondary N) is 2. The van der Waals surface area contributed by atoms with Crippen LogP contribution in [0, 0.1) is 6.92 Å². The Hall–Kier alpha value is -2.87. The number of halogens is 1. The third kappa shape index (κ3) is 3.63. The smallest absolute Gasteiger partial charge is 0.332 e. The van der Waals surface area contributed by atoms with Gasteiger partial charge >= 0.3 is 6.03 Å². The van der Waals surface area contributed by atoms with Crippen LogP contribution in [0.3, 0.4) is 0 Å². The van der Waals surface area contributed by atoms with Crippen LogP contribution in [0.2, 0.25) is 5.02 Å². The first-order valence-corrected chi connectivity index (χ1v) is 8.01. The van der Waals surface area contributed by atoms with Crippen LogP contribution in [0.5, 0.6) is 0 Å². The summed E-state index contributed by atoms with van der Waals surface area (Å²) in [4.78, 5) is 27.4. The molecule has 0 spiro atoms. The van der Waals surface area contributed by atoms with E-state index >= 15 is 0 Å². The summed E-state index contributed by atoms with van der Waals surface area (Å²) < 4.78 is 5.74. The number of hydrogen-bond donors (Lipinski definition) is 3. The first-order valence-electron chi connectivity index (χ1n) is 7.63. The first-order chi connectivity index (χ1) is 12.0. The molecule has 9 heteroatoms. The maximum Gasteiger partial charge on any atom is 0.332 e. The van der Waals surface area contributed by atoms with E-state index in [1.807, 2.05) is 0 Å². The van der Waals surface area contributed by atoms with E-state index < -0.39 is 11.9 Å². The molecule has 130 valence electrons. The molecule has 0 atom stereocenters. The van der Waals surface area contributed by atoms with E-state index in [1.165, 1.54) is 6.20 Å². The fourth-order valence-corrected chi connectivity index (χ4v) is 2.85. The topological polar surface area (TPSA) is 123 Å². The van der Waals surface area contributed by atoms with E-state index in [4.69, 9.17) is 21.8 Å². The fourth-order valence-electron chi connectivity index (χ4n) is 2.74. The van der Waals surface area contributed by atoms with Gasteiger partial charge in [-0.3, -0.25) is 4.79 Å². The summed E-state index contributed by atoms with van der Waals surface area (Å²) in [6.07, 6.45) is 3.60. The molecule has 1 aliphatic carbocycles. The monoisotopic (exact) mass is 361 g/mol. The normalized spacial score (nSPS) is 14.9. The molecule has 0 saturated heterocycles. The van der Waals surface area contributed by atoms with Crippen LogP contribution >= 0.6 is 11.6 Å². The van der Waals surface area contributed by atoms with E-state index in [1.54, 1.807) is 19.1 Å². The number of hydrazone groups is 1. The van der Waals surface area contributed by atoms with Gasteiger partial charge < -0.3 is 15.5 Å². The highest BCUT2D eigenvalue weighted by molar-refractivity contribution is 6.30. The quantitative estimate of drug-likeness (QED) is 0.727. The number of aromatic nitrogens is 1. The molecule has 8 nitrogen and oxygen atoms in total. The lowest BCUT2D eigenvalue weighted by molar-refractivity contribution is 0.0993. The number of aryl methyl sites for hydroxylation is 1. The van der Waals surface area contributed by atoms with Gasteiger partial charge in [0.2, 0.25) is 0 Å². The molecule has 4 N–H and O–H groups in total. The second-order valence-electron chi connectivity index (χ2n) is 5.56. The van der Waals surface area contributed by atoms with Crippen LogP contribution in [0.15, 0.2) is 27.8 Å². The zero-order valence-electron chi connectivity index (χ0n) is 13.4. The summed E-state index contributed by atoms with van der Waals surface area (Å²) in [7, 11) is 0. The van der Waals surface area contributed by atoms with E-state index in [0.29, 0.717) is 40.7 Å². The van der Waals surface area contributed by atoms with Gasteiger partial charge in [0.05, 0.1) is 10.7 Å². The molecule has 0 unspecified atom stereocenters. The van der Waals surface area contributed by atoms with Crippen molar-refractivity contribution in [2.75, 3.05) is 5.32 Å². The molecule has 2 aromatic heterocycles. The van der Waals surface area contributed by atoms with Crippen LogP contribution in [0.25, 0.3) is 0 Å².